The standard InChI is InChI=1S/C17H14Cl2N2O3/c1-10(22)11-5-7-12(8-6-11)20-15(23)9-16(24)21-17-13(18)3-2-4-14(17)19/h2-8H,9H2,1H3,(H,20,23)(H,21,24). The molecule has 2 amide bonds. The lowest BCUT2D eigenvalue weighted by atomic mass is 10.1. The maximum absolute atomic E-state index is 11.9. The quantitative estimate of drug-likeness (QED) is 0.617. The number of Topliss-reactive ketones (excluding diaryl/α,β-unsaturated/α-hetero) is 1. The first-order chi connectivity index (χ1) is 11.4. The molecule has 7 heteroatoms. The third kappa shape index (κ3) is 4.81. The van der Waals surface area contributed by atoms with Gasteiger partial charge in [-0.3, -0.25) is 14.4 Å². The van der Waals surface area contributed by atoms with Gasteiger partial charge in [-0.2, -0.15) is 0 Å². The van der Waals surface area contributed by atoms with E-state index < -0.39 is 18.2 Å². The summed E-state index contributed by atoms with van der Waals surface area (Å²) in [5.41, 5.74) is 1.30. The van der Waals surface area contributed by atoms with E-state index >= 15 is 0 Å². The molecule has 0 fully saturated rings. The van der Waals surface area contributed by atoms with Crippen molar-refractivity contribution < 1.29 is 14.4 Å². The maximum Gasteiger partial charge on any atom is 0.233 e. The second-order valence-corrected chi connectivity index (χ2v) is 5.82. The largest absolute Gasteiger partial charge is 0.326 e. The molecule has 2 aromatic carbocycles. The number of amides is 2. The number of rotatable bonds is 5. The third-order valence-corrected chi connectivity index (χ3v) is 3.75. The van der Waals surface area contributed by atoms with Crippen LogP contribution in [-0.2, 0) is 9.59 Å². The fourth-order valence-electron chi connectivity index (χ4n) is 1.94. The molecule has 2 aromatic rings. The third-order valence-electron chi connectivity index (χ3n) is 3.12. The molecule has 24 heavy (non-hydrogen) atoms. The monoisotopic (exact) mass is 364 g/mol. The van der Waals surface area contributed by atoms with Crippen LogP contribution in [0.1, 0.15) is 23.7 Å². The Morgan fingerprint density at radius 3 is 1.96 bits per heavy atom. The van der Waals surface area contributed by atoms with E-state index in [0.717, 1.165) is 0 Å². The van der Waals surface area contributed by atoms with Gasteiger partial charge in [0.25, 0.3) is 0 Å². The molecule has 0 aliphatic heterocycles. The van der Waals surface area contributed by atoms with Gasteiger partial charge in [-0.25, -0.2) is 0 Å². The minimum Gasteiger partial charge on any atom is -0.326 e. The summed E-state index contributed by atoms with van der Waals surface area (Å²) in [5, 5.41) is 5.66. The van der Waals surface area contributed by atoms with Crippen molar-refractivity contribution in [3.63, 3.8) is 0 Å². The van der Waals surface area contributed by atoms with Crippen molar-refractivity contribution in [1.82, 2.24) is 0 Å². The summed E-state index contributed by atoms with van der Waals surface area (Å²) in [4.78, 5) is 35.0. The molecule has 0 atom stereocenters. The van der Waals surface area contributed by atoms with E-state index in [4.69, 9.17) is 23.2 Å². The minimum absolute atomic E-state index is 0.0659. The zero-order valence-electron chi connectivity index (χ0n) is 12.7. The van der Waals surface area contributed by atoms with Crippen molar-refractivity contribution in [1.29, 1.82) is 0 Å². The van der Waals surface area contributed by atoms with Crippen LogP contribution in [0, 0.1) is 0 Å². The molecule has 2 rings (SSSR count). The molecular weight excluding hydrogens is 351 g/mol. The van der Waals surface area contributed by atoms with E-state index in [1.807, 2.05) is 0 Å². The number of ketones is 1. The van der Waals surface area contributed by atoms with Gasteiger partial charge in [0.2, 0.25) is 11.8 Å². The van der Waals surface area contributed by atoms with E-state index in [1.165, 1.54) is 6.92 Å². The molecule has 0 bridgehead atoms. The van der Waals surface area contributed by atoms with E-state index in [-0.39, 0.29) is 21.5 Å². The number of nitrogens with one attached hydrogen (secondary N) is 2. The Balaban J connectivity index is 1.94. The molecule has 0 aliphatic carbocycles. The van der Waals surface area contributed by atoms with E-state index in [0.29, 0.717) is 11.3 Å². The van der Waals surface area contributed by atoms with E-state index in [2.05, 4.69) is 10.6 Å². The summed E-state index contributed by atoms with van der Waals surface area (Å²) < 4.78 is 0. The van der Waals surface area contributed by atoms with E-state index in [9.17, 15) is 14.4 Å². The topological polar surface area (TPSA) is 75.3 Å². The first-order valence-electron chi connectivity index (χ1n) is 7.01. The summed E-state index contributed by atoms with van der Waals surface area (Å²) in [6.07, 6.45) is -0.393. The number of carbonyl (C=O) groups is 3. The molecule has 124 valence electrons. The van der Waals surface area contributed by atoms with Gasteiger partial charge in [-0.15, -0.1) is 0 Å². The van der Waals surface area contributed by atoms with Gasteiger partial charge in [-0.05, 0) is 43.3 Å². The van der Waals surface area contributed by atoms with Crippen LogP contribution in [-0.4, -0.2) is 17.6 Å². The Hall–Kier alpha value is -2.37. The second kappa shape index (κ2) is 7.95. The van der Waals surface area contributed by atoms with Gasteiger partial charge >= 0.3 is 0 Å². The number of benzene rings is 2. The molecule has 2 N–H and O–H groups in total. The lowest BCUT2D eigenvalue weighted by Crippen LogP contribution is -2.21. The SMILES string of the molecule is CC(=O)c1ccc(NC(=O)CC(=O)Nc2c(Cl)cccc2Cl)cc1. The number of halogens is 2. The molecule has 0 aromatic heterocycles. The molecule has 0 radical (unpaired) electrons. The fraction of sp³-hybridized carbons (Fsp3) is 0.118. The number of carbonyl (C=O) groups excluding carboxylic acids is 3. The predicted molar refractivity (Wildman–Crippen MR) is 94.8 cm³/mol. The van der Waals surface area contributed by atoms with Crippen molar-refractivity contribution in [3.8, 4) is 0 Å². The Labute approximate surface area is 149 Å². The Kier molecular flexibility index (Phi) is 5.95. The normalized spacial score (nSPS) is 10.1. The summed E-state index contributed by atoms with van der Waals surface area (Å²) in [7, 11) is 0. The Morgan fingerprint density at radius 2 is 1.42 bits per heavy atom. The first-order valence-corrected chi connectivity index (χ1v) is 7.77. The summed E-state index contributed by atoms with van der Waals surface area (Å²) in [5.74, 6) is -1.10. The zero-order chi connectivity index (χ0) is 17.7. The summed E-state index contributed by atoms with van der Waals surface area (Å²) in [6.45, 7) is 1.46. The van der Waals surface area contributed by atoms with Crippen molar-refractivity contribution in [3.05, 3.63) is 58.1 Å². The average Bonchev–Trinajstić information content (AvgIpc) is 2.51. The Morgan fingerprint density at radius 1 is 0.875 bits per heavy atom. The van der Waals surface area contributed by atoms with Crippen LogP contribution in [0.3, 0.4) is 0 Å². The van der Waals surface area contributed by atoms with Gasteiger partial charge in [0.05, 0.1) is 15.7 Å². The Bertz CT molecular complexity index is 769. The van der Waals surface area contributed by atoms with Crippen LogP contribution in [0.15, 0.2) is 42.5 Å². The lowest BCUT2D eigenvalue weighted by molar-refractivity contribution is -0.123. The summed E-state index contributed by atoms with van der Waals surface area (Å²) >= 11 is 11.9. The maximum atomic E-state index is 11.9. The average molecular weight is 365 g/mol. The smallest absolute Gasteiger partial charge is 0.233 e. The molecule has 0 saturated heterocycles. The van der Waals surface area contributed by atoms with Crippen LogP contribution in [0.4, 0.5) is 11.4 Å². The first kappa shape index (κ1) is 18.0. The van der Waals surface area contributed by atoms with Gasteiger partial charge in [0.15, 0.2) is 5.78 Å². The number of anilines is 2. The molecule has 0 heterocycles. The van der Waals surface area contributed by atoms with E-state index in [1.54, 1.807) is 42.5 Å². The van der Waals surface area contributed by atoms with Crippen LogP contribution >= 0.6 is 23.2 Å². The molecule has 0 aliphatic rings. The molecule has 0 spiro atoms. The van der Waals surface area contributed by atoms with Crippen molar-refractivity contribution in [2.45, 2.75) is 13.3 Å². The predicted octanol–water partition coefficient (Wildman–Crippen LogP) is 4.16. The van der Waals surface area contributed by atoms with Crippen molar-refractivity contribution in [2.24, 2.45) is 0 Å². The number of para-hydroxylation sites is 1. The van der Waals surface area contributed by atoms with Gasteiger partial charge in [0.1, 0.15) is 6.42 Å². The van der Waals surface area contributed by atoms with Gasteiger partial charge in [0, 0.05) is 11.3 Å². The zero-order valence-corrected chi connectivity index (χ0v) is 14.2. The van der Waals surface area contributed by atoms with Crippen molar-refractivity contribution in [2.75, 3.05) is 10.6 Å². The minimum atomic E-state index is -0.539. The number of hydrogen-bond donors (Lipinski definition) is 2. The fourth-order valence-corrected chi connectivity index (χ4v) is 2.43. The van der Waals surface area contributed by atoms with Crippen molar-refractivity contribution >= 4 is 52.2 Å². The highest BCUT2D eigenvalue weighted by molar-refractivity contribution is 6.39. The molecule has 0 unspecified atom stereocenters. The highest BCUT2D eigenvalue weighted by Gasteiger charge is 2.13. The van der Waals surface area contributed by atoms with Crippen LogP contribution < -0.4 is 10.6 Å². The van der Waals surface area contributed by atoms with Crippen LogP contribution in [0.2, 0.25) is 10.0 Å². The second-order valence-electron chi connectivity index (χ2n) is 5.00. The van der Waals surface area contributed by atoms with Crippen LogP contribution in [0.5, 0.6) is 0 Å². The highest BCUT2D eigenvalue weighted by Crippen LogP contribution is 2.29. The highest BCUT2D eigenvalue weighted by atomic mass is 35.5. The van der Waals surface area contributed by atoms with Gasteiger partial charge < -0.3 is 10.6 Å². The summed E-state index contributed by atoms with van der Waals surface area (Å²) in [6, 6.07) is 11.2. The lowest BCUT2D eigenvalue weighted by Gasteiger charge is -2.09. The molecule has 5 nitrogen and oxygen atoms in total. The number of hydrogen-bond acceptors (Lipinski definition) is 3. The van der Waals surface area contributed by atoms with Crippen LogP contribution in [0.25, 0.3) is 0 Å². The van der Waals surface area contributed by atoms with Gasteiger partial charge in [-0.1, -0.05) is 29.3 Å². The molecule has 0 saturated carbocycles. The molecular formula is C17H14Cl2N2O3.